The summed E-state index contributed by atoms with van der Waals surface area (Å²) >= 11 is 0. The first-order valence-electron chi connectivity index (χ1n) is 9.90. The maximum absolute atomic E-state index is 13.5. The third kappa shape index (κ3) is 6.19. The van der Waals surface area contributed by atoms with Crippen molar-refractivity contribution in [2.45, 2.75) is 32.7 Å². The van der Waals surface area contributed by atoms with Crippen molar-refractivity contribution in [2.24, 2.45) is 5.92 Å². The van der Waals surface area contributed by atoms with Gasteiger partial charge in [0.15, 0.2) is 11.6 Å². The molecule has 1 aliphatic rings. The highest BCUT2D eigenvalue weighted by Gasteiger charge is 2.29. The molecule has 1 aromatic carbocycles. The van der Waals surface area contributed by atoms with E-state index >= 15 is 0 Å². The van der Waals surface area contributed by atoms with E-state index in [1.807, 2.05) is 37.7 Å². The predicted octanol–water partition coefficient (Wildman–Crippen LogP) is 2.24. The Balaban J connectivity index is 1.70. The van der Waals surface area contributed by atoms with Gasteiger partial charge in [-0.3, -0.25) is 14.5 Å². The fourth-order valence-electron chi connectivity index (χ4n) is 3.20. The van der Waals surface area contributed by atoms with Crippen LogP contribution in [-0.4, -0.2) is 79.4 Å². The number of carbonyl (C=O) groups excluding carboxylic acids is 2. The van der Waals surface area contributed by atoms with Crippen LogP contribution in [0.1, 0.15) is 26.7 Å². The van der Waals surface area contributed by atoms with Crippen molar-refractivity contribution in [1.29, 1.82) is 0 Å². The van der Waals surface area contributed by atoms with Crippen LogP contribution in [-0.2, 0) is 9.59 Å². The van der Waals surface area contributed by atoms with Crippen molar-refractivity contribution in [3.05, 3.63) is 30.1 Å². The molecule has 1 aromatic rings. The first-order chi connectivity index (χ1) is 13.3. The summed E-state index contributed by atoms with van der Waals surface area (Å²) in [6.45, 7) is 6.34. The van der Waals surface area contributed by atoms with Gasteiger partial charge in [-0.2, -0.15) is 0 Å². The van der Waals surface area contributed by atoms with E-state index in [4.69, 9.17) is 4.74 Å². The lowest BCUT2D eigenvalue weighted by Gasteiger charge is -2.35. The second-order valence-electron chi connectivity index (χ2n) is 7.71. The Hall–Kier alpha value is -2.15. The number of rotatable bonds is 8. The topological polar surface area (TPSA) is 53.1 Å². The molecular weight excluding hydrogens is 361 g/mol. The number of halogens is 1. The minimum atomic E-state index is -0.387. The van der Waals surface area contributed by atoms with Crippen LogP contribution in [0.4, 0.5) is 4.39 Å². The molecular formula is C21H32FN3O3. The summed E-state index contributed by atoms with van der Waals surface area (Å²) in [6.07, 6.45) is 1.42. The zero-order valence-corrected chi connectivity index (χ0v) is 17.4. The van der Waals surface area contributed by atoms with Crippen molar-refractivity contribution >= 4 is 11.8 Å². The predicted molar refractivity (Wildman–Crippen MR) is 107 cm³/mol. The SMILES string of the molecule is CC(C)N(C)C(=O)C1CCN(C(=O)CN(C)CCOc2ccccc2F)CC1. The first kappa shape index (κ1) is 22.1. The van der Waals surface area contributed by atoms with Crippen LogP contribution in [0.2, 0.25) is 0 Å². The second-order valence-corrected chi connectivity index (χ2v) is 7.71. The van der Waals surface area contributed by atoms with Gasteiger partial charge < -0.3 is 14.5 Å². The minimum Gasteiger partial charge on any atom is -0.489 e. The van der Waals surface area contributed by atoms with Crippen molar-refractivity contribution in [1.82, 2.24) is 14.7 Å². The van der Waals surface area contributed by atoms with E-state index in [-0.39, 0.29) is 41.9 Å². The second kappa shape index (κ2) is 10.4. The number of likely N-dealkylation sites (tertiary alicyclic amines) is 1. The van der Waals surface area contributed by atoms with Gasteiger partial charge >= 0.3 is 0 Å². The zero-order valence-electron chi connectivity index (χ0n) is 17.4. The summed E-state index contributed by atoms with van der Waals surface area (Å²) in [5.41, 5.74) is 0. The van der Waals surface area contributed by atoms with Gasteiger partial charge in [0.25, 0.3) is 0 Å². The van der Waals surface area contributed by atoms with E-state index in [2.05, 4.69) is 0 Å². The molecule has 1 aliphatic heterocycles. The van der Waals surface area contributed by atoms with E-state index in [9.17, 15) is 14.0 Å². The Kier molecular flexibility index (Phi) is 8.23. The lowest BCUT2D eigenvalue weighted by atomic mass is 9.95. The molecule has 0 aliphatic carbocycles. The van der Waals surface area contributed by atoms with E-state index < -0.39 is 0 Å². The third-order valence-electron chi connectivity index (χ3n) is 5.29. The molecule has 0 bridgehead atoms. The molecule has 1 heterocycles. The highest BCUT2D eigenvalue weighted by atomic mass is 19.1. The monoisotopic (exact) mass is 393 g/mol. The van der Waals surface area contributed by atoms with Gasteiger partial charge in [-0.25, -0.2) is 4.39 Å². The van der Waals surface area contributed by atoms with Gasteiger partial charge in [-0.15, -0.1) is 0 Å². The number of carbonyl (C=O) groups is 2. The number of ether oxygens (including phenoxy) is 1. The molecule has 1 fully saturated rings. The molecule has 0 saturated carbocycles. The number of nitrogens with zero attached hydrogens (tertiary/aromatic N) is 3. The van der Waals surface area contributed by atoms with Crippen molar-refractivity contribution in [2.75, 3.05) is 46.9 Å². The highest BCUT2D eigenvalue weighted by Crippen LogP contribution is 2.20. The van der Waals surface area contributed by atoms with Crippen molar-refractivity contribution in [3.63, 3.8) is 0 Å². The Morgan fingerprint density at radius 2 is 1.86 bits per heavy atom. The lowest BCUT2D eigenvalue weighted by molar-refractivity contribution is -0.141. The maximum Gasteiger partial charge on any atom is 0.236 e. The molecule has 1 saturated heterocycles. The van der Waals surface area contributed by atoms with Gasteiger partial charge in [0.2, 0.25) is 11.8 Å². The quantitative estimate of drug-likeness (QED) is 0.680. The van der Waals surface area contributed by atoms with Gasteiger partial charge in [0.05, 0.1) is 6.54 Å². The standard InChI is InChI=1S/C21H32FN3O3/c1-16(2)24(4)21(27)17-9-11-25(12-10-17)20(26)15-23(3)13-14-28-19-8-6-5-7-18(19)22/h5-8,16-17H,9-15H2,1-4H3. The minimum absolute atomic E-state index is 0.00310. The Bertz CT molecular complexity index is 660. The number of benzene rings is 1. The average Bonchev–Trinajstić information content (AvgIpc) is 2.68. The van der Waals surface area contributed by atoms with Gasteiger partial charge in [0, 0.05) is 38.6 Å². The first-order valence-corrected chi connectivity index (χ1v) is 9.90. The van der Waals surface area contributed by atoms with E-state index in [1.54, 1.807) is 23.1 Å². The molecule has 0 aromatic heterocycles. The molecule has 0 atom stereocenters. The summed E-state index contributed by atoms with van der Waals surface area (Å²) in [4.78, 5) is 30.4. The van der Waals surface area contributed by atoms with Crippen LogP contribution in [0.25, 0.3) is 0 Å². The van der Waals surface area contributed by atoms with Crippen molar-refractivity contribution in [3.8, 4) is 5.75 Å². The van der Waals surface area contributed by atoms with E-state index in [0.717, 1.165) is 0 Å². The summed E-state index contributed by atoms with van der Waals surface area (Å²) in [7, 11) is 3.68. The number of hydrogen-bond acceptors (Lipinski definition) is 4. The molecule has 7 heteroatoms. The summed E-state index contributed by atoms with van der Waals surface area (Å²) in [5.74, 6) is 0.0615. The van der Waals surface area contributed by atoms with Crippen LogP contribution in [0.15, 0.2) is 24.3 Å². The lowest BCUT2D eigenvalue weighted by Crippen LogP contribution is -2.47. The van der Waals surface area contributed by atoms with Crippen LogP contribution in [0, 0.1) is 11.7 Å². The number of amides is 2. The maximum atomic E-state index is 13.5. The molecule has 2 rings (SSSR count). The molecule has 156 valence electrons. The molecule has 0 radical (unpaired) electrons. The highest BCUT2D eigenvalue weighted by molar-refractivity contribution is 5.81. The van der Waals surface area contributed by atoms with Crippen LogP contribution >= 0.6 is 0 Å². The smallest absolute Gasteiger partial charge is 0.236 e. The van der Waals surface area contributed by atoms with Crippen LogP contribution in [0.5, 0.6) is 5.75 Å². The summed E-state index contributed by atoms with van der Waals surface area (Å²) < 4.78 is 19.0. The third-order valence-corrected chi connectivity index (χ3v) is 5.29. The number of likely N-dealkylation sites (N-methyl/N-ethyl adjacent to an activating group) is 1. The normalized spacial score (nSPS) is 15.2. The Labute approximate surface area is 167 Å². The molecule has 28 heavy (non-hydrogen) atoms. The van der Waals surface area contributed by atoms with E-state index in [0.29, 0.717) is 39.1 Å². The Morgan fingerprint density at radius 1 is 1.21 bits per heavy atom. The molecule has 0 spiro atoms. The fourth-order valence-corrected chi connectivity index (χ4v) is 3.20. The number of piperidine rings is 1. The summed E-state index contributed by atoms with van der Waals surface area (Å²) in [6, 6.07) is 6.47. The van der Waals surface area contributed by atoms with E-state index in [1.165, 1.54) is 6.07 Å². The van der Waals surface area contributed by atoms with Crippen LogP contribution < -0.4 is 4.74 Å². The van der Waals surface area contributed by atoms with Gasteiger partial charge in [-0.1, -0.05) is 12.1 Å². The number of para-hydroxylation sites is 1. The largest absolute Gasteiger partial charge is 0.489 e. The zero-order chi connectivity index (χ0) is 20.7. The fraction of sp³-hybridized carbons (Fsp3) is 0.619. The van der Waals surface area contributed by atoms with Gasteiger partial charge in [0.1, 0.15) is 6.61 Å². The molecule has 0 unspecified atom stereocenters. The molecule has 0 N–H and O–H groups in total. The van der Waals surface area contributed by atoms with Gasteiger partial charge in [-0.05, 0) is 45.9 Å². The molecule has 2 amide bonds. The van der Waals surface area contributed by atoms with Crippen molar-refractivity contribution < 1.29 is 18.7 Å². The average molecular weight is 394 g/mol. The summed E-state index contributed by atoms with van der Waals surface area (Å²) in [5, 5.41) is 0. The Morgan fingerprint density at radius 3 is 2.46 bits per heavy atom. The number of hydrogen-bond donors (Lipinski definition) is 0. The molecule has 6 nitrogen and oxygen atoms in total. The van der Waals surface area contributed by atoms with Crippen LogP contribution in [0.3, 0.4) is 0 Å².